The Balaban J connectivity index is 3.06. The molecule has 0 spiro atoms. The number of ether oxygens (including phenoxy) is 1. The highest BCUT2D eigenvalue weighted by molar-refractivity contribution is 5.74. The first-order chi connectivity index (χ1) is 6.56. The van der Waals surface area contributed by atoms with Gasteiger partial charge in [0, 0.05) is 0 Å². The lowest BCUT2D eigenvalue weighted by atomic mass is 10.1. The maximum absolute atomic E-state index is 10.5. The van der Waals surface area contributed by atoms with Crippen molar-refractivity contribution in [3.63, 3.8) is 0 Å². The molecule has 0 aromatic heterocycles. The van der Waals surface area contributed by atoms with E-state index in [2.05, 4.69) is 0 Å². The molecule has 14 heavy (non-hydrogen) atoms. The van der Waals surface area contributed by atoms with Crippen molar-refractivity contribution in [3.8, 4) is 5.75 Å². The van der Waals surface area contributed by atoms with E-state index in [1.807, 2.05) is 6.92 Å². The van der Waals surface area contributed by atoms with Crippen LogP contribution in [0.4, 0.5) is 0 Å². The van der Waals surface area contributed by atoms with Crippen molar-refractivity contribution in [1.29, 1.82) is 0 Å². The maximum Gasteiger partial charge on any atom is 0.337 e. The van der Waals surface area contributed by atoms with Gasteiger partial charge >= 0.3 is 5.97 Å². The van der Waals surface area contributed by atoms with Gasteiger partial charge in [-0.25, -0.2) is 4.79 Å². The van der Waals surface area contributed by atoms with E-state index in [1.54, 1.807) is 12.1 Å². The number of carboxylic acids is 1. The van der Waals surface area contributed by atoms with Crippen LogP contribution in [-0.2, 0) is 4.79 Å². The van der Waals surface area contributed by atoms with Gasteiger partial charge in [-0.3, -0.25) is 0 Å². The Bertz CT molecular complexity index is 346. The van der Waals surface area contributed by atoms with E-state index in [1.165, 1.54) is 13.2 Å². The fourth-order valence-electron chi connectivity index (χ4n) is 1.15. The summed E-state index contributed by atoms with van der Waals surface area (Å²) in [6.45, 7) is 1.84. The van der Waals surface area contributed by atoms with Crippen LogP contribution >= 0.6 is 0 Å². The molecule has 0 heterocycles. The number of hydrogen-bond acceptors (Lipinski definition) is 3. The minimum Gasteiger partial charge on any atom is -0.496 e. The molecule has 2 N–H and O–H groups in total. The number of benzene rings is 1. The van der Waals surface area contributed by atoms with Gasteiger partial charge in [0.15, 0.2) is 6.10 Å². The van der Waals surface area contributed by atoms with Crippen LogP contribution in [0.5, 0.6) is 5.75 Å². The second-order valence-electron chi connectivity index (χ2n) is 2.97. The largest absolute Gasteiger partial charge is 0.496 e. The number of aliphatic hydroxyl groups is 1. The number of carbonyl (C=O) groups is 1. The molecule has 0 saturated heterocycles. The fraction of sp³-hybridized carbons (Fsp3) is 0.300. The van der Waals surface area contributed by atoms with Gasteiger partial charge in [-0.2, -0.15) is 0 Å². The van der Waals surface area contributed by atoms with Crippen LogP contribution in [0.3, 0.4) is 0 Å². The predicted octanol–water partition coefficient (Wildman–Crippen LogP) is 1.12. The van der Waals surface area contributed by atoms with E-state index in [-0.39, 0.29) is 0 Å². The van der Waals surface area contributed by atoms with Crippen molar-refractivity contribution in [3.05, 3.63) is 29.3 Å². The minimum atomic E-state index is -1.50. The highest BCUT2D eigenvalue weighted by Gasteiger charge is 2.16. The van der Waals surface area contributed by atoms with Crippen molar-refractivity contribution < 1.29 is 19.7 Å². The zero-order valence-corrected chi connectivity index (χ0v) is 8.02. The van der Waals surface area contributed by atoms with Crippen LogP contribution in [0, 0.1) is 6.92 Å². The fourth-order valence-corrected chi connectivity index (χ4v) is 1.15. The lowest BCUT2D eigenvalue weighted by Gasteiger charge is -2.09. The lowest BCUT2D eigenvalue weighted by molar-refractivity contribution is -0.146. The molecular formula is C10H12O4. The number of aliphatic carboxylic acids is 1. The van der Waals surface area contributed by atoms with Gasteiger partial charge in [0.1, 0.15) is 5.75 Å². The summed E-state index contributed by atoms with van der Waals surface area (Å²) in [4.78, 5) is 10.5. The first-order valence-electron chi connectivity index (χ1n) is 4.11. The molecule has 76 valence electrons. The van der Waals surface area contributed by atoms with Crippen molar-refractivity contribution in [2.45, 2.75) is 13.0 Å². The Morgan fingerprint density at radius 2 is 2.14 bits per heavy atom. The number of aryl methyl sites for hydroxylation is 1. The second kappa shape index (κ2) is 4.11. The summed E-state index contributed by atoms with van der Waals surface area (Å²) in [6, 6.07) is 4.80. The van der Waals surface area contributed by atoms with Crippen LogP contribution in [0.15, 0.2) is 18.2 Å². The highest BCUT2D eigenvalue weighted by Crippen LogP contribution is 2.23. The van der Waals surface area contributed by atoms with E-state index in [9.17, 15) is 9.90 Å². The molecule has 0 aliphatic carbocycles. The summed E-state index contributed by atoms with van der Waals surface area (Å²) >= 11 is 0. The summed E-state index contributed by atoms with van der Waals surface area (Å²) in [7, 11) is 1.50. The summed E-state index contributed by atoms with van der Waals surface area (Å²) in [5, 5.41) is 17.8. The molecule has 1 aromatic carbocycles. The van der Waals surface area contributed by atoms with Crippen LogP contribution in [-0.4, -0.2) is 23.3 Å². The van der Waals surface area contributed by atoms with Crippen molar-refractivity contribution in [1.82, 2.24) is 0 Å². The Hall–Kier alpha value is -1.55. The van der Waals surface area contributed by atoms with Gasteiger partial charge in [-0.1, -0.05) is 12.1 Å². The van der Waals surface area contributed by atoms with Crippen molar-refractivity contribution in [2.24, 2.45) is 0 Å². The molecule has 0 fully saturated rings. The molecule has 1 atom stereocenters. The number of hydrogen-bond donors (Lipinski definition) is 2. The van der Waals surface area contributed by atoms with E-state index < -0.39 is 12.1 Å². The molecule has 0 aliphatic rings. The van der Waals surface area contributed by atoms with Gasteiger partial charge < -0.3 is 14.9 Å². The molecule has 0 bridgehead atoms. The zero-order valence-electron chi connectivity index (χ0n) is 8.02. The monoisotopic (exact) mass is 196 g/mol. The van der Waals surface area contributed by atoms with Crippen LogP contribution in [0.1, 0.15) is 17.2 Å². The smallest absolute Gasteiger partial charge is 0.337 e. The molecule has 4 heteroatoms. The van der Waals surface area contributed by atoms with Crippen molar-refractivity contribution >= 4 is 5.97 Å². The van der Waals surface area contributed by atoms with Crippen LogP contribution in [0.2, 0.25) is 0 Å². The zero-order chi connectivity index (χ0) is 10.7. The Kier molecular flexibility index (Phi) is 3.09. The van der Waals surface area contributed by atoms with Crippen molar-refractivity contribution in [2.75, 3.05) is 7.11 Å². The summed E-state index contributed by atoms with van der Waals surface area (Å²) in [6.07, 6.45) is -1.50. The van der Waals surface area contributed by atoms with Gasteiger partial charge in [0.25, 0.3) is 0 Å². The molecule has 0 aliphatic heterocycles. The average Bonchev–Trinajstić information content (AvgIpc) is 2.17. The van der Waals surface area contributed by atoms with Gasteiger partial charge in [-0.15, -0.1) is 0 Å². The van der Waals surface area contributed by atoms with E-state index in [0.29, 0.717) is 11.3 Å². The van der Waals surface area contributed by atoms with E-state index in [0.717, 1.165) is 5.56 Å². The molecule has 0 saturated carbocycles. The van der Waals surface area contributed by atoms with Gasteiger partial charge in [0.2, 0.25) is 0 Å². The molecule has 1 unspecified atom stereocenters. The summed E-state index contributed by atoms with van der Waals surface area (Å²) in [5.41, 5.74) is 1.22. The van der Waals surface area contributed by atoms with E-state index >= 15 is 0 Å². The number of rotatable bonds is 3. The second-order valence-corrected chi connectivity index (χ2v) is 2.97. The minimum absolute atomic E-state index is 0.319. The standard InChI is InChI=1S/C10H12O4/c1-6-3-4-7(5-8(6)14-2)9(11)10(12)13/h3-5,9,11H,1-2H3,(H,12,13). The molecule has 4 nitrogen and oxygen atoms in total. The molecule has 1 rings (SSSR count). The summed E-state index contributed by atoms with van der Waals surface area (Å²) < 4.78 is 5.01. The Morgan fingerprint density at radius 1 is 1.50 bits per heavy atom. The molecule has 0 amide bonds. The predicted molar refractivity (Wildman–Crippen MR) is 50.3 cm³/mol. The maximum atomic E-state index is 10.5. The Labute approximate surface area is 81.8 Å². The topological polar surface area (TPSA) is 66.8 Å². The molecular weight excluding hydrogens is 184 g/mol. The normalized spacial score (nSPS) is 12.2. The first kappa shape index (κ1) is 10.5. The number of methoxy groups -OCH3 is 1. The first-order valence-corrected chi connectivity index (χ1v) is 4.11. The number of aliphatic hydroxyl groups excluding tert-OH is 1. The quantitative estimate of drug-likeness (QED) is 0.760. The average molecular weight is 196 g/mol. The third kappa shape index (κ3) is 2.03. The third-order valence-corrected chi connectivity index (χ3v) is 1.98. The summed E-state index contributed by atoms with van der Waals surface area (Å²) in [5.74, 6) is -0.696. The number of carboxylic acid groups (broad SMARTS) is 1. The lowest BCUT2D eigenvalue weighted by Crippen LogP contribution is -2.10. The SMILES string of the molecule is COc1cc(C(O)C(=O)O)ccc1C. The van der Waals surface area contributed by atoms with Crippen LogP contribution in [0.25, 0.3) is 0 Å². The van der Waals surface area contributed by atoms with Gasteiger partial charge in [0.05, 0.1) is 7.11 Å². The Morgan fingerprint density at radius 3 is 2.64 bits per heavy atom. The molecule has 1 aromatic rings. The molecule has 0 radical (unpaired) electrons. The third-order valence-electron chi connectivity index (χ3n) is 1.98. The highest BCUT2D eigenvalue weighted by atomic mass is 16.5. The van der Waals surface area contributed by atoms with Gasteiger partial charge in [-0.05, 0) is 24.1 Å². The van der Waals surface area contributed by atoms with Crippen LogP contribution < -0.4 is 4.74 Å². The van der Waals surface area contributed by atoms with E-state index in [4.69, 9.17) is 9.84 Å².